The smallest absolute Gasteiger partial charge is 0.259 e. The van der Waals surface area contributed by atoms with E-state index >= 15 is 0 Å². The summed E-state index contributed by atoms with van der Waals surface area (Å²) in [5.41, 5.74) is 3.02. The number of halogens is 1. The molecule has 0 spiro atoms. The molecule has 0 aliphatic rings. The zero-order chi connectivity index (χ0) is 21.1. The van der Waals surface area contributed by atoms with Crippen molar-refractivity contribution in [2.75, 3.05) is 11.9 Å². The van der Waals surface area contributed by atoms with Crippen molar-refractivity contribution in [2.24, 2.45) is 0 Å². The molecule has 1 amide bonds. The number of rotatable bonds is 6. The van der Waals surface area contributed by atoms with Crippen molar-refractivity contribution in [2.45, 2.75) is 20.0 Å². The molecule has 30 heavy (non-hydrogen) atoms. The molecule has 0 N–H and O–H groups in total. The number of hydrogen-bond acceptors (Lipinski definition) is 4. The van der Waals surface area contributed by atoms with Gasteiger partial charge in [-0.1, -0.05) is 30.7 Å². The fourth-order valence-electron chi connectivity index (χ4n) is 3.35. The molecule has 6 nitrogen and oxygen atoms in total. The molecule has 0 bridgehead atoms. The highest BCUT2D eigenvalue weighted by Gasteiger charge is 2.22. The van der Waals surface area contributed by atoms with E-state index in [1.807, 2.05) is 53.9 Å². The van der Waals surface area contributed by atoms with Crippen LogP contribution in [0, 0.1) is 0 Å². The number of ether oxygens (including phenoxy) is 1. The number of nitrogens with zero attached hydrogens (tertiary/aromatic N) is 4. The van der Waals surface area contributed by atoms with Gasteiger partial charge in [0.2, 0.25) is 0 Å². The fourth-order valence-corrected chi connectivity index (χ4v) is 3.57. The molecule has 3 heterocycles. The van der Waals surface area contributed by atoms with Gasteiger partial charge in [-0.2, -0.15) is 0 Å². The number of fused-ring (bicyclic) bond motifs is 1. The van der Waals surface area contributed by atoms with Gasteiger partial charge in [0.1, 0.15) is 12.4 Å². The van der Waals surface area contributed by atoms with Crippen LogP contribution in [0.2, 0.25) is 5.02 Å². The Balaban J connectivity index is 1.69. The molecule has 4 aromatic rings. The predicted octanol–water partition coefficient (Wildman–Crippen LogP) is 4.80. The molecule has 4 rings (SSSR count). The Kier molecular flexibility index (Phi) is 5.68. The quantitative estimate of drug-likeness (QED) is 0.449. The standard InChI is InChI=1S/C23H21ClN4O2/c1-3-19-22(27(2)23(29)17-9-11-25-12-10-17)28-13-5-8-20(21(28)26-19)30-15-16-6-4-7-18(24)14-16/h4-14H,3,15H2,1-2H3. The zero-order valence-electron chi connectivity index (χ0n) is 16.7. The summed E-state index contributed by atoms with van der Waals surface area (Å²) < 4.78 is 7.94. The molecule has 152 valence electrons. The minimum Gasteiger partial charge on any atom is -0.485 e. The molecule has 7 heteroatoms. The van der Waals surface area contributed by atoms with Gasteiger partial charge in [0, 0.05) is 36.2 Å². The molecule has 0 aliphatic heterocycles. The molecular weight excluding hydrogens is 400 g/mol. The molecule has 0 fully saturated rings. The number of carbonyl (C=O) groups is 1. The summed E-state index contributed by atoms with van der Waals surface area (Å²) in [6, 6.07) is 14.7. The normalized spacial score (nSPS) is 10.9. The Bertz CT molecular complexity index is 1190. The Morgan fingerprint density at radius 1 is 1.17 bits per heavy atom. The number of amides is 1. The second-order valence-corrected chi connectivity index (χ2v) is 7.26. The Hall–Kier alpha value is -3.38. The molecule has 0 saturated carbocycles. The van der Waals surface area contributed by atoms with E-state index in [2.05, 4.69) is 4.98 Å². The number of anilines is 1. The van der Waals surface area contributed by atoms with E-state index in [0.717, 1.165) is 17.1 Å². The van der Waals surface area contributed by atoms with Gasteiger partial charge in [0.15, 0.2) is 11.4 Å². The second kappa shape index (κ2) is 8.55. The molecule has 0 radical (unpaired) electrons. The van der Waals surface area contributed by atoms with E-state index in [4.69, 9.17) is 21.3 Å². The maximum absolute atomic E-state index is 13.0. The number of benzene rings is 1. The minimum atomic E-state index is -0.126. The van der Waals surface area contributed by atoms with Crippen molar-refractivity contribution in [1.82, 2.24) is 14.4 Å². The lowest BCUT2D eigenvalue weighted by atomic mass is 10.2. The number of imidazole rings is 1. The van der Waals surface area contributed by atoms with Crippen molar-refractivity contribution < 1.29 is 9.53 Å². The van der Waals surface area contributed by atoms with E-state index in [-0.39, 0.29) is 5.91 Å². The maximum Gasteiger partial charge on any atom is 0.259 e. The molecule has 0 atom stereocenters. The summed E-state index contributed by atoms with van der Waals surface area (Å²) in [4.78, 5) is 23.4. The molecule has 0 unspecified atom stereocenters. The monoisotopic (exact) mass is 420 g/mol. The van der Waals surface area contributed by atoms with E-state index < -0.39 is 0 Å². The average molecular weight is 421 g/mol. The average Bonchev–Trinajstić information content (AvgIpc) is 3.16. The van der Waals surface area contributed by atoms with Gasteiger partial charge in [0.05, 0.1) is 5.69 Å². The third-order valence-electron chi connectivity index (χ3n) is 4.83. The molecular formula is C23H21ClN4O2. The second-order valence-electron chi connectivity index (χ2n) is 6.82. The number of aryl methyl sites for hydroxylation is 1. The third kappa shape index (κ3) is 3.86. The summed E-state index contributed by atoms with van der Waals surface area (Å²) in [6.07, 6.45) is 5.79. The Morgan fingerprint density at radius 2 is 1.97 bits per heavy atom. The number of hydrogen-bond donors (Lipinski definition) is 0. The number of aromatic nitrogens is 3. The summed E-state index contributed by atoms with van der Waals surface area (Å²) in [5, 5.41) is 0.668. The van der Waals surface area contributed by atoms with Gasteiger partial charge < -0.3 is 4.74 Å². The van der Waals surface area contributed by atoms with Crippen LogP contribution in [0.3, 0.4) is 0 Å². The largest absolute Gasteiger partial charge is 0.485 e. The SMILES string of the molecule is CCc1nc2c(OCc3cccc(Cl)c3)cccn2c1N(C)C(=O)c1ccncc1. The minimum absolute atomic E-state index is 0.126. The summed E-state index contributed by atoms with van der Waals surface area (Å²) in [6.45, 7) is 2.39. The molecule has 3 aromatic heterocycles. The molecule has 1 aromatic carbocycles. The van der Waals surface area contributed by atoms with Gasteiger partial charge in [-0.3, -0.25) is 19.1 Å². The lowest BCUT2D eigenvalue weighted by Crippen LogP contribution is -2.28. The highest BCUT2D eigenvalue weighted by molar-refractivity contribution is 6.30. The van der Waals surface area contributed by atoms with Crippen molar-refractivity contribution in [3.05, 3.63) is 89.0 Å². The highest BCUT2D eigenvalue weighted by atomic mass is 35.5. The first kappa shape index (κ1) is 19.9. The first-order valence-corrected chi connectivity index (χ1v) is 10.0. The van der Waals surface area contributed by atoms with Gasteiger partial charge in [-0.15, -0.1) is 0 Å². The zero-order valence-corrected chi connectivity index (χ0v) is 17.5. The van der Waals surface area contributed by atoms with Crippen LogP contribution in [0.15, 0.2) is 67.1 Å². The van der Waals surface area contributed by atoms with E-state index in [9.17, 15) is 4.79 Å². The van der Waals surface area contributed by atoms with Crippen LogP contribution in [0.5, 0.6) is 5.75 Å². The summed E-state index contributed by atoms with van der Waals surface area (Å²) in [7, 11) is 1.75. The van der Waals surface area contributed by atoms with Crippen LogP contribution < -0.4 is 9.64 Å². The van der Waals surface area contributed by atoms with Gasteiger partial charge >= 0.3 is 0 Å². The summed E-state index contributed by atoms with van der Waals surface area (Å²) >= 11 is 6.07. The van der Waals surface area contributed by atoms with Crippen LogP contribution in [-0.2, 0) is 13.0 Å². The van der Waals surface area contributed by atoms with Crippen LogP contribution in [0.1, 0.15) is 28.5 Å². The van der Waals surface area contributed by atoms with Gasteiger partial charge in [-0.25, -0.2) is 4.98 Å². The number of carbonyl (C=O) groups excluding carboxylic acids is 1. The van der Waals surface area contributed by atoms with E-state index in [0.29, 0.717) is 35.0 Å². The summed E-state index contributed by atoms with van der Waals surface area (Å²) in [5.74, 6) is 1.24. The molecule has 0 saturated heterocycles. The van der Waals surface area contributed by atoms with Crippen molar-refractivity contribution in [1.29, 1.82) is 0 Å². The first-order chi connectivity index (χ1) is 14.6. The fraction of sp³-hybridized carbons (Fsp3) is 0.174. The van der Waals surface area contributed by atoms with Crippen LogP contribution in [-0.4, -0.2) is 27.3 Å². The van der Waals surface area contributed by atoms with Crippen molar-refractivity contribution in [3.63, 3.8) is 0 Å². The maximum atomic E-state index is 13.0. The Morgan fingerprint density at radius 3 is 2.70 bits per heavy atom. The molecule has 0 aliphatic carbocycles. The lowest BCUT2D eigenvalue weighted by Gasteiger charge is -2.18. The van der Waals surface area contributed by atoms with Crippen molar-refractivity contribution >= 4 is 29.0 Å². The van der Waals surface area contributed by atoms with Crippen LogP contribution in [0.25, 0.3) is 5.65 Å². The van der Waals surface area contributed by atoms with Crippen LogP contribution >= 0.6 is 11.6 Å². The highest BCUT2D eigenvalue weighted by Crippen LogP contribution is 2.29. The topological polar surface area (TPSA) is 59.7 Å². The van der Waals surface area contributed by atoms with Crippen molar-refractivity contribution in [3.8, 4) is 5.75 Å². The van der Waals surface area contributed by atoms with Gasteiger partial charge in [0.25, 0.3) is 5.91 Å². The predicted molar refractivity (Wildman–Crippen MR) is 117 cm³/mol. The Labute approximate surface area is 179 Å². The van der Waals surface area contributed by atoms with E-state index in [1.54, 1.807) is 36.5 Å². The lowest BCUT2D eigenvalue weighted by molar-refractivity contribution is 0.0992. The van der Waals surface area contributed by atoms with Gasteiger partial charge in [-0.05, 0) is 48.4 Å². The number of pyridine rings is 2. The first-order valence-electron chi connectivity index (χ1n) is 9.63. The van der Waals surface area contributed by atoms with E-state index in [1.165, 1.54) is 0 Å². The van der Waals surface area contributed by atoms with Crippen LogP contribution in [0.4, 0.5) is 5.82 Å². The third-order valence-corrected chi connectivity index (χ3v) is 5.06.